The molecule has 0 saturated heterocycles. The number of hydrogen-bond donors (Lipinski definition) is 1. The number of nitrogens with two attached hydrogens (primary N) is 1. The molecular weight excluding hydrogens is 404 g/mol. The number of hydrogen-bond acceptors (Lipinski definition) is 4. The van der Waals surface area contributed by atoms with E-state index < -0.39 is 11.4 Å². The van der Waals surface area contributed by atoms with Crippen molar-refractivity contribution in [2.45, 2.75) is 18.9 Å². The first-order valence-electron chi connectivity index (χ1n) is 8.46. The summed E-state index contributed by atoms with van der Waals surface area (Å²) in [5, 5.41) is 0.577. The molecular formula is C19H16Cl2FN5O. The molecule has 2 N–H and O–H groups in total. The number of benzene rings is 2. The molecule has 9 heteroatoms. The lowest BCUT2D eigenvalue weighted by Gasteiger charge is -2.34. The normalized spacial score (nSPS) is 20.0. The zero-order chi connectivity index (χ0) is 20.2. The van der Waals surface area contributed by atoms with Gasteiger partial charge >= 0.3 is 0 Å². The second-order valence-corrected chi connectivity index (χ2v) is 7.64. The highest BCUT2D eigenvalue weighted by molar-refractivity contribution is 6.32. The van der Waals surface area contributed by atoms with E-state index in [-0.39, 0.29) is 34.8 Å². The third-order valence-electron chi connectivity index (χ3n) is 4.95. The summed E-state index contributed by atoms with van der Waals surface area (Å²) in [6.45, 7) is 1.68. The van der Waals surface area contributed by atoms with Gasteiger partial charge in [-0.1, -0.05) is 23.7 Å². The predicted octanol–water partition coefficient (Wildman–Crippen LogP) is 3.86. The fourth-order valence-corrected chi connectivity index (χ4v) is 3.86. The molecule has 0 spiro atoms. The summed E-state index contributed by atoms with van der Waals surface area (Å²) in [5.41, 5.74) is 6.32. The number of fused-ring (bicyclic) bond motifs is 1. The van der Waals surface area contributed by atoms with Gasteiger partial charge in [0.15, 0.2) is 11.8 Å². The van der Waals surface area contributed by atoms with Gasteiger partial charge in [0.05, 0.1) is 28.7 Å². The molecule has 1 atom stereocenters. The van der Waals surface area contributed by atoms with E-state index in [9.17, 15) is 4.79 Å². The molecule has 144 valence electrons. The zero-order valence-corrected chi connectivity index (χ0v) is 16.6. The van der Waals surface area contributed by atoms with E-state index in [1.54, 1.807) is 43.3 Å². The summed E-state index contributed by atoms with van der Waals surface area (Å²) in [6, 6.07) is 9.92. The Morgan fingerprint density at radius 1 is 1.25 bits per heavy atom. The van der Waals surface area contributed by atoms with Gasteiger partial charge in [0, 0.05) is 17.6 Å². The summed E-state index contributed by atoms with van der Waals surface area (Å²) in [5.74, 6) is -0.751. The number of rotatable bonds is 2. The van der Waals surface area contributed by atoms with Crippen molar-refractivity contribution < 1.29 is 9.18 Å². The van der Waals surface area contributed by atoms with Crippen molar-refractivity contribution in [2.24, 2.45) is 10.7 Å². The monoisotopic (exact) mass is 419 g/mol. The van der Waals surface area contributed by atoms with Crippen molar-refractivity contribution in [1.29, 1.82) is 0 Å². The minimum Gasteiger partial charge on any atom is -0.369 e. The maximum Gasteiger partial charge on any atom is 0.231 e. The molecule has 0 unspecified atom stereocenters. The molecule has 28 heavy (non-hydrogen) atoms. The number of halogens is 3. The maximum atomic E-state index is 15.7. The van der Waals surface area contributed by atoms with Gasteiger partial charge in [-0.2, -0.15) is 0 Å². The van der Waals surface area contributed by atoms with Crippen molar-refractivity contribution in [2.75, 3.05) is 7.05 Å². The van der Waals surface area contributed by atoms with Crippen LogP contribution in [0.4, 0.5) is 4.39 Å². The molecule has 3 aromatic rings. The van der Waals surface area contributed by atoms with Gasteiger partial charge in [-0.15, -0.1) is 0 Å². The second-order valence-electron chi connectivity index (χ2n) is 6.86. The Balaban J connectivity index is 1.93. The molecule has 1 aliphatic heterocycles. The molecule has 6 nitrogen and oxygen atoms in total. The first-order chi connectivity index (χ1) is 13.2. The molecule has 0 radical (unpaired) electrons. The number of carbonyl (C=O) groups excluding carboxylic acids is 1. The van der Waals surface area contributed by atoms with Crippen LogP contribution in [0.25, 0.3) is 16.7 Å². The smallest absolute Gasteiger partial charge is 0.231 e. The molecule has 1 aromatic heterocycles. The van der Waals surface area contributed by atoms with Crippen molar-refractivity contribution in [3.8, 4) is 5.69 Å². The molecule has 0 fully saturated rings. The van der Waals surface area contributed by atoms with Crippen molar-refractivity contribution in [1.82, 2.24) is 14.5 Å². The first-order valence-corrected chi connectivity index (χ1v) is 9.21. The largest absolute Gasteiger partial charge is 0.369 e. The minimum absolute atomic E-state index is 0.00515. The van der Waals surface area contributed by atoms with E-state index in [4.69, 9.17) is 28.9 Å². The number of imidazole rings is 1. The zero-order valence-electron chi connectivity index (χ0n) is 15.1. The maximum absolute atomic E-state index is 15.7. The molecule has 2 aromatic carbocycles. The Kier molecular flexibility index (Phi) is 4.32. The number of aromatic nitrogens is 2. The number of aliphatic imine (C=N–C) groups is 1. The highest BCUT2D eigenvalue weighted by Crippen LogP contribution is 2.37. The van der Waals surface area contributed by atoms with Gasteiger partial charge in [-0.25, -0.2) is 14.4 Å². The van der Waals surface area contributed by atoms with Crippen LogP contribution < -0.4 is 5.73 Å². The Hall–Kier alpha value is -2.64. The van der Waals surface area contributed by atoms with Crippen LogP contribution in [0, 0.1) is 5.82 Å². The Bertz CT molecular complexity index is 1160. The molecule has 1 amide bonds. The second kappa shape index (κ2) is 6.46. The summed E-state index contributed by atoms with van der Waals surface area (Å²) in [4.78, 5) is 22.2. The number of guanidine groups is 1. The third kappa shape index (κ3) is 2.82. The van der Waals surface area contributed by atoms with E-state index in [1.807, 2.05) is 0 Å². The third-order valence-corrected chi connectivity index (χ3v) is 5.44. The van der Waals surface area contributed by atoms with E-state index in [1.165, 1.54) is 16.5 Å². The SMILES string of the molecule is CN1C(=O)C[C@@](C)(c2cccc(-n3c(Cl)nc4ccc(Cl)cc43)c2F)N=C1N. The van der Waals surface area contributed by atoms with Crippen LogP contribution in [-0.2, 0) is 10.3 Å². The van der Waals surface area contributed by atoms with Crippen molar-refractivity contribution in [3.05, 3.63) is 58.1 Å². The van der Waals surface area contributed by atoms with E-state index in [0.29, 0.717) is 16.1 Å². The highest BCUT2D eigenvalue weighted by Gasteiger charge is 2.38. The van der Waals surface area contributed by atoms with Gasteiger partial charge in [0.1, 0.15) is 0 Å². The Labute approximate surface area is 170 Å². The number of amides is 1. The topological polar surface area (TPSA) is 76.5 Å². The van der Waals surface area contributed by atoms with Crippen molar-refractivity contribution >= 4 is 46.1 Å². The lowest BCUT2D eigenvalue weighted by atomic mass is 9.87. The number of carbonyl (C=O) groups is 1. The van der Waals surface area contributed by atoms with Crippen LogP contribution in [0.15, 0.2) is 41.4 Å². The Morgan fingerprint density at radius 2 is 2.00 bits per heavy atom. The molecule has 0 saturated carbocycles. The van der Waals surface area contributed by atoms with Crippen LogP contribution in [0.5, 0.6) is 0 Å². The molecule has 0 aliphatic carbocycles. The van der Waals surface area contributed by atoms with Gasteiger partial charge < -0.3 is 5.73 Å². The van der Waals surface area contributed by atoms with Gasteiger partial charge in [-0.3, -0.25) is 14.3 Å². The lowest BCUT2D eigenvalue weighted by Crippen LogP contribution is -2.47. The molecule has 1 aliphatic rings. The van der Waals surface area contributed by atoms with E-state index in [2.05, 4.69) is 9.98 Å². The Morgan fingerprint density at radius 3 is 2.71 bits per heavy atom. The van der Waals surface area contributed by atoms with E-state index >= 15 is 4.39 Å². The van der Waals surface area contributed by atoms with E-state index in [0.717, 1.165) is 0 Å². The average molecular weight is 420 g/mol. The first kappa shape index (κ1) is 18.7. The van der Waals surface area contributed by atoms with Crippen LogP contribution in [0.1, 0.15) is 18.9 Å². The highest BCUT2D eigenvalue weighted by atomic mass is 35.5. The van der Waals surface area contributed by atoms with Crippen LogP contribution in [0.3, 0.4) is 0 Å². The van der Waals surface area contributed by atoms with Crippen LogP contribution in [-0.4, -0.2) is 33.4 Å². The molecule has 0 bridgehead atoms. The summed E-state index contributed by atoms with van der Waals surface area (Å²) in [6.07, 6.45) is -0.00515. The summed E-state index contributed by atoms with van der Waals surface area (Å²) < 4.78 is 17.1. The van der Waals surface area contributed by atoms with Crippen molar-refractivity contribution in [3.63, 3.8) is 0 Å². The van der Waals surface area contributed by atoms with Crippen LogP contribution in [0.2, 0.25) is 10.3 Å². The minimum atomic E-state index is -1.13. The quantitative estimate of drug-likeness (QED) is 0.684. The molecule has 2 heterocycles. The van der Waals surface area contributed by atoms with Crippen LogP contribution >= 0.6 is 23.2 Å². The standard InChI is InChI=1S/C19H16Cl2FN5O/c1-19(9-15(28)26(2)18(23)25-19)11-4-3-5-13(16(11)22)27-14-8-10(20)6-7-12(14)24-17(27)21/h3-8H,9H2,1-2H3,(H2,23,25)/t19-/m0/s1. The predicted molar refractivity (Wildman–Crippen MR) is 107 cm³/mol. The average Bonchev–Trinajstić information content (AvgIpc) is 2.95. The summed E-state index contributed by atoms with van der Waals surface area (Å²) >= 11 is 12.4. The fourth-order valence-electron chi connectivity index (χ4n) is 3.42. The van der Waals surface area contributed by atoms with Gasteiger partial charge in [-0.05, 0) is 42.8 Å². The lowest BCUT2D eigenvalue weighted by molar-refractivity contribution is -0.128. The van der Waals surface area contributed by atoms with Gasteiger partial charge in [0.25, 0.3) is 0 Å². The molecule has 4 rings (SSSR count). The number of nitrogens with zero attached hydrogens (tertiary/aromatic N) is 4. The summed E-state index contributed by atoms with van der Waals surface area (Å²) in [7, 11) is 1.54. The fraction of sp³-hybridized carbons (Fsp3) is 0.211. The van der Waals surface area contributed by atoms with Gasteiger partial charge in [0.2, 0.25) is 11.2 Å².